The maximum absolute atomic E-state index is 7.26. The first kappa shape index (κ1) is 9.59. The van der Waals surface area contributed by atoms with Gasteiger partial charge in [0.15, 0.2) is 0 Å². The van der Waals surface area contributed by atoms with Gasteiger partial charge in [-0.15, -0.1) is 0 Å². The van der Waals surface area contributed by atoms with Gasteiger partial charge in [-0.3, -0.25) is 0 Å². The van der Waals surface area contributed by atoms with Crippen LogP contribution in [-0.4, -0.2) is 0 Å². The van der Waals surface area contributed by atoms with Crippen molar-refractivity contribution in [2.45, 2.75) is 6.04 Å². The van der Waals surface area contributed by atoms with Crippen molar-refractivity contribution in [2.24, 2.45) is 5.11 Å². The van der Waals surface area contributed by atoms with E-state index in [0.717, 1.165) is 11.1 Å². The van der Waals surface area contributed by atoms with Crippen LogP contribution in [0.25, 0.3) is 0 Å². The standard InChI is InChI=1S/C13H12N2/c14-15-13(11-7-3-1-4-8-11)12-9-5-2-6-10-12/h1-10,13-14H/i14+1,15+1. The summed E-state index contributed by atoms with van der Waals surface area (Å²) in [4.78, 5) is 0. The van der Waals surface area contributed by atoms with Crippen molar-refractivity contribution < 1.29 is 0 Å². The van der Waals surface area contributed by atoms with Crippen LogP contribution in [0.3, 0.4) is 0 Å². The second kappa shape index (κ2) is 4.51. The number of nitrogens with one attached hydrogen (secondary N) is 1. The molecule has 0 spiro atoms. The minimum Gasteiger partial charge on any atom is -0.209 e. The van der Waals surface area contributed by atoms with Crippen LogP contribution in [0.5, 0.6) is 0 Å². The molecule has 0 bridgehead atoms. The van der Waals surface area contributed by atoms with Crippen molar-refractivity contribution in [3.05, 3.63) is 71.8 Å². The van der Waals surface area contributed by atoms with Gasteiger partial charge in [-0.25, -0.2) is 5.53 Å². The van der Waals surface area contributed by atoms with E-state index in [2.05, 4.69) is 5.11 Å². The Morgan fingerprint density at radius 3 is 1.47 bits per heavy atom. The maximum Gasteiger partial charge on any atom is 0.121 e. The summed E-state index contributed by atoms with van der Waals surface area (Å²) < 4.78 is 0. The van der Waals surface area contributed by atoms with Gasteiger partial charge in [-0.2, -0.15) is 5.11 Å². The minimum atomic E-state index is -0.174. The van der Waals surface area contributed by atoms with E-state index in [4.69, 9.17) is 5.53 Å². The summed E-state index contributed by atoms with van der Waals surface area (Å²) in [6, 6.07) is 19.6. The molecule has 2 heteroatoms. The molecule has 0 amide bonds. The summed E-state index contributed by atoms with van der Waals surface area (Å²) in [7, 11) is 0. The van der Waals surface area contributed by atoms with Crippen LogP contribution in [0.15, 0.2) is 65.8 Å². The van der Waals surface area contributed by atoms with E-state index < -0.39 is 0 Å². The van der Waals surface area contributed by atoms with Crippen molar-refractivity contribution in [1.82, 2.24) is 0 Å². The molecule has 0 fully saturated rings. The predicted octanol–water partition coefficient (Wildman–Crippen LogP) is 3.81. The molecule has 0 atom stereocenters. The van der Waals surface area contributed by atoms with Crippen LogP contribution in [0, 0.1) is 5.53 Å². The lowest BCUT2D eigenvalue weighted by Crippen LogP contribution is -1.96. The second-order valence-corrected chi connectivity index (χ2v) is 3.35. The molecular formula is C13H12N2. The molecule has 0 radical (unpaired) electrons. The molecule has 2 aromatic carbocycles. The van der Waals surface area contributed by atoms with E-state index in [1.54, 1.807) is 0 Å². The zero-order valence-electron chi connectivity index (χ0n) is 8.30. The highest BCUT2D eigenvalue weighted by Crippen LogP contribution is 2.24. The minimum absolute atomic E-state index is 0.174. The number of nitrogens with zero attached hydrogens (tertiary/aromatic N) is 1. The van der Waals surface area contributed by atoms with Gasteiger partial charge < -0.3 is 0 Å². The van der Waals surface area contributed by atoms with Gasteiger partial charge in [0.05, 0.1) is 0 Å². The summed E-state index contributed by atoms with van der Waals surface area (Å²) in [5.41, 5.74) is 9.37. The fourth-order valence-corrected chi connectivity index (χ4v) is 1.61. The SMILES string of the molecule is [15NH]=[15N]C(c1ccccc1)c1ccccc1. The Labute approximate surface area is 89.1 Å². The average molecular weight is 198 g/mol. The lowest BCUT2D eigenvalue weighted by molar-refractivity contribution is 0.776. The quantitative estimate of drug-likeness (QED) is 0.575. The summed E-state index contributed by atoms with van der Waals surface area (Å²) >= 11 is 0. The van der Waals surface area contributed by atoms with E-state index in [9.17, 15) is 0 Å². The third-order valence-electron chi connectivity index (χ3n) is 2.36. The second-order valence-electron chi connectivity index (χ2n) is 3.35. The molecule has 1 N–H and O–H groups in total. The topological polar surface area (TPSA) is 36.2 Å². The Kier molecular flexibility index (Phi) is 2.88. The summed E-state index contributed by atoms with van der Waals surface area (Å²) in [5, 5.41) is 3.68. The van der Waals surface area contributed by atoms with Gasteiger partial charge in [0.2, 0.25) is 0 Å². The molecule has 0 aliphatic carbocycles. The lowest BCUT2D eigenvalue weighted by Gasteiger charge is -2.10. The zero-order chi connectivity index (χ0) is 10.5. The summed E-state index contributed by atoms with van der Waals surface area (Å²) in [6.45, 7) is 0. The van der Waals surface area contributed by atoms with E-state index in [0.29, 0.717) is 0 Å². The molecule has 0 saturated heterocycles. The van der Waals surface area contributed by atoms with E-state index in [1.165, 1.54) is 0 Å². The first-order chi connectivity index (χ1) is 7.42. The van der Waals surface area contributed by atoms with E-state index in [1.807, 2.05) is 60.7 Å². The summed E-state index contributed by atoms with van der Waals surface area (Å²) in [6.07, 6.45) is 0. The Bertz CT molecular complexity index is 383. The summed E-state index contributed by atoms with van der Waals surface area (Å²) in [5.74, 6) is 0. The lowest BCUT2D eigenvalue weighted by atomic mass is 10.0. The number of benzene rings is 2. The maximum atomic E-state index is 7.26. The van der Waals surface area contributed by atoms with Crippen molar-refractivity contribution in [1.29, 1.82) is 5.53 Å². The highest BCUT2D eigenvalue weighted by molar-refractivity contribution is 5.31. The van der Waals surface area contributed by atoms with Gasteiger partial charge in [-0.1, -0.05) is 60.7 Å². The van der Waals surface area contributed by atoms with E-state index in [-0.39, 0.29) is 6.04 Å². The molecule has 2 rings (SSSR count). The van der Waals surface area contributed by atoms with Gasteiger partial charge in [-0.05, 0) is 11.1 Å². The molecule has 15 heavy (non-hydrogen) atoms. The molecule has 0 aromatic heterocycles. The zero-order valence-corrected chi connectivity index (χ0v) is 8.30. The first-order valence-electron chi connectivity index (χ1n) is 4.88. The van der Waals surface area contributed by atoms with Crippen molar-refractivity contribution in [2.75, 3.05) is 0 Å². The van der Waals surface area contributed by atoms with Crippen LogP contribution in [-0.2, 0) is 0 Å². The van der Waals surface area contributed by atoms with E-state index >= 15 is 0 Å². The molecule has 2 nitrogen and oxygen atoms in total. The Balaban J connectivity index is 2.38. The predicted molar refractivity (Wildman–Crippen MR) is 59.9 cm³/mol. The molecular weight excluding hydrogens is 186 g/mol. The molecule has 0 saturated carbocycles. The Morgan fingerprint density at radius 1 is 0.733 bits per heavy atom. The van der Waals surface area contributed by atoms with Crippen molar-refractivity contribution >= 4 is 0 Å². The monoisotopic (exact) mass is 198 g/mol. The third kappa shape index (κ3) is 2.10. The van der Waals surface area contributed by atoms with Gasteiger partial charge in [0, 0.05) is 0 Å². The first-order valence-corrected chi connectivity index (χ1v) is 4.88. The highest BCUT2D eigenvalue weighted by atomic mass is 15.9. The largest absolute Gasteiger partial charge is 0.209 e. The highest BCUT2D eigenvalue weighted by Gasteiger charge is 2.10. The number of rotatable bonds is 3. The van der Waals surface area contributed by atoms with Crippen LogP contribution < -0.4 is 0 Å². The fraction of sp³-hybridized carbons (Fsp3) is 0.0769. The molecule has 0 aliphatic rings. The fourth-order valence-electron chi connectivity index (χ4n) is 1.61. The van der Waals surface area contributed by atoms with Crippen molar-refractivity contribution in [3.8, 4) is 0 Å². The number of hydrogen-bond acceptors (Lipinski definition) is 2. The van der Waals surface area contributed by atoms with Gasteiger partial charge in [0.25, 0.3) is 0 Å². The molecule has 0 aliphatic heterocycles. The molecule has 2 aromatic rings. The van der Waals surface area contributed by atoms with Crippen LogP contribution in [0.2, 0.25) is 0 Å². The Morgan fingerprint density at radius 2 is 1.13 bits per heavy atom. The molecule has 0 heterocycles. The number of hydrogen-bond donors (Lipinski definition) is 1. The van der Waals surface area contributed by atoms with Crippen LogP contribution in [0.1, 0.15) is 17.2 Å². The van der Waals surface area contributed by atoms with Crippen LogP contribution >= 0.6 is 0 Å². The normalized spacial score (nSPS) is 10.2. The molecule has 74 valence electrons. The average Bonchev–Trinajstić information content (AvgIpc) is 2.33. The van der Waals surface area contributed by atoms with Crippen LogP contribution in [0.4, 0.5) is 0 Å². The molecule has 0 unspecified atom stereocenters. The van der Waals surface area contributed by atoms with Gasteiger partial charge in [0.1, 0.15) is 6.04 Å². The van der Waals surface area contributed by atoms with Gasteiger partial charge >= 0.3 is 0 Å². The van der Waals surface area contributed by atoms with Crippen molar-refractivity contribution in [3.63, 3.8) is 0 Å². The smallest absolute Gasteiger partial charge is 0.121 e. The Hall–Kier alpha value is -1.96. The third-order valence-corrected chi connectivity index (χ3v) is 2.36.